The van der Waals surface area contributed by atoms with Crippen molar-refractivity contribution in [2.45, 2.75) is 13.0 Å². The van der Waals surface area contributed by atoms with Crippen molar-refractivity contribution < 1.29 is 19.1 Å². The zero-order chi connectivity index (χ0) is 16.4. The molecule has 23 heavy (non-hydrogen) atoms. The van der Waals surface area contributed by atoms with Gasteiger partial charge in [-0.25, -0.2) is 4.79 Å². The lowest BCUT2D eigenvalue weighted by atomic mass is 10.1. The molecule has 118 valence electrons. The molecule has 1 N–H and O–H groups in total. The summed E-state index contributed by atoms with van der Waals surface area (Å²) in [4.78, 5) is 38.1. The number of nitrogens with one attached hydrogen (secondary N) is 1. The predicted molar refractivity (Wildman–Crippen MR) is 86.6 cm³/mol. The van der Waals surface area contributed by atoms with Gasteiger partial charge < -0.3 is 10.1 Å². The van der Waals surface area contributed by atoms with Gasteiger partial charge in [-0.15, -0.1) is 11.3 Å². The largest absolute Gasteiger partial charge is 0.448 e. The highest BCUT2D eigenvalue weighted by Crippen LogP contribution is 2.29. The summed E-state index contributed by atoms with van der Waals surface area (Å²) in [6.07, 6.45) is -0.983. The Morgan fingerprint density at radius 1 is 1.26 bits per heavy atom. The summed E-state index contributed by atoms with van der Waals surface area (Å²) in [5.41, 5.74) is 1.16. The van der Waals surface area contributed by atoms with Crippen molar-refractivity contribution in [3.63, 3.8) is 0 Å². The number of amides is 2. The summed E-state index contributed by atoms with van der Waals surface area (Å²) in [5.74, 6) is -1.26. The Balaban J connectivity index is 1.77. The highest BCUT2D eigenvalue weighted by molar-refractivity contribution is 7.11. The van der Waals surface area contributed by atoms with E-state index in [-0.39, 0.29) is 12.5 Å². The van der Waals surface area contributed by atoms with Gasteiger partial charge in [0, 0.05) is 0 Å². The minimum absolute atomic E-state index is 0.100. The van der Waals surface area contributed by atoms with Gasteiger partial charge in [0.2, 0.25) is 5.91 Å². The lowest BCUT2D eigenvalue weighted by Gasteiger charge is -2.30. The summed E-state index contributed by atoms with van der Waals surface area (Å²) in [7, 11) is 0. The van der Waals surface area contributed by atoms with Gasteiger partial charge in [0.25, 0.3) is 5.91 Å². The molecular weight excluding hydrogens is 316 g/mol. The van der Waals surface area contributed by atoms with Gasteiger partial charge in [-0.2, -0.15) is 0 Å². The van der Waals surface area contributed by atoms with Crippen LogP contribution in [0.4, 0.5) is 11.4 Å². The lowest BCUT2D eigenvalue weighted by molar-refractivity contribution is -0.128. The molecule has 1 aromatic heterocycles. The minimum atomic E-state index is -0.983. The van der Waals surface area contributed by atoms with Crippen molar-refractivity contribution in [2.24, 2.45) is 0 Å². The van der Waals surface area contributed by atoms with Gasteiger partial charge in [0.1, 0.15) is 11.4 Å². The smallest absolute Gasteiger partial charge is 0.349 e. The molecule has 6 nitrogen and oxygen atoms in total. The molecule has 1 aliphatic heterocycles. The Labute approximate surface area is 136 Å². The van der Waals surface area contributed by atoms with Crippen molar-refractivity contribution in [3.8, 4) is 0 Å². The summed E-state index contributed by atoms with van der Waals surface area (Å²) in [5, 5.41) is 4.47. The van der Waals surface area contributed by atoms with E-state index in [0.717, 1.165) is 0 Å². The monoisotopic (exact) mass is 330 g/mol. The summed E-state index contributed by atoms with van der Waals surface area (Å²) in [6.45, 7) is 1.40. The third-order valence-electron chi connectivity index (χ3n) is 3.39. The SMILES string of the molecule is C[C@@H](OC(=O)c1cccs1)C(=O)N1CC(=O)Nc2ccccc21. The number of thiophene rings is 1. The summed E-state index contributed by atoms with van der Waals surface area (Å²) >= 11 is 1.25. The van der Waals surface area contributed by atoms with Crippen LogP contribution in [0.15, 0.2) is 41.8 Å². The number of carbonyl (C=O) groups excluding carboxylic acids is 3. The van der Waals surface area contributed by atoms with Crippen LogP contribution in [0, 0.1) is 0 Å². The van der Waals surface area contributed by atoms with Gasteiger partial charge in [-0.3, -0.25) is 14.5 Å². The van der Waals surface area contributed by atoms with Crippen LogP contribution in [0.3, 0.4) is 0 Å². The molecule has 7 heteroatoms. The highest BCUT2D eigenvalue weighted by Gasteiger charge is 2.31. The predicted octanol–water partition coefficient (Wildman–Crippen LogP) is 2.28. The first-order chi connectivity index (χ1) is 11.1. The Morgan fingerprint density at radius 2 is 2.04 bits per heavy atom. The van der Waals surface area contributed by atoms with Gasteiger partial charge in [-0.1, -0.05) is 18.2 Å². The van der Waals surface area contributed by atoms with Crippen molar-refractivity contribution in [2.75, 3.05) is 16.8 Å². The van der Waals surface area contributed by atoms with Crippen molar-refractivity contribution >= 4 is 40.5 Å². The number of hydrogen-bond donors (Lipinski definition) is 1. The van der Waals surface area contributed by atoms with E-state index >= 15 is 0 Å². The van der Waals surface area contributed by atoms with Crippen molar-refractivity contribution in [1.82, 2.24) is 0 Å². The van der Waals surface area contributed by atoms with Crippen LogP contribution in [0.2, 0.25) is 0 Å². The first-order valence-corrected chi connectivity index (χ1v) is 7.89. The molecule has 0 saturated heterocycles. The summed E-state index contributed by atoms with van der Waals surface area (Å²) < 4.78 is 5.21. The van der Waals surface area contributed by atoms with E-state index in [0.29, 0.717) is 16.3 Å². The molecule has 2 heterocycles. The average Bonchev–Trinajstić information content (AvgIpc) is 3.07. The van der Waals surface area contributed by atoms with Crippen LogP contribution in [-0.2, 0) is 14.3 Å². The van der Waals surface area contributed by atoms with Crippen LogP contribution in [0.1, 0.15) is 16.6 Å². The van der Waals surface area contributed by atoms with E-state index in [9.17, 15) is 14.4 Å². The molecule has 1 aliphatic rings. The minimum Gasteiger partial charge on any atom is -0.448 e. The second-order valence-corrected chi connectivity index (χ2v) is 5.96. The molecule has 0 bridgehead atoms. The highest BCUT2D eigenvalue weighted by atomic mass is 32.1. The quantitative estimate of drug-likeness (QED) is 0.876. The van der Waals surface area contributed by atoms with E-state index < -0.39 is 18.0 Å². The topological polar surface area (TPSA) is 75.7 Å². The molecular formula is C16H14N2O4S. The zero-order valence-electron chi connectivity index (χ0n) is 12.3. The molecule has 2 amide bonds. The maximum absolute atomic E-state index is 12.6. The van der Waals surface area contributed by atoms with Crippen LogP contribution in [0.25, 0.3) is 0 Å². The number of benzene rings is 1. The third-order valence-corrected chi connectivity index (χ3v) is 4.24. The Bertz CT molecular complexity index is 757. The Morgan fingerprint density at radius 3 is 2.78 bits per heavy atom. The van der Waals surface area contributed by atoms with Crippen LogP contribution >= 0.6 is 11.3 Å². The number of carbonyl (C=O) groups is 3. The number of nitrogens with zero attached hydrogens (tertiary/aromatic N) is 1. The van der Waals surface area contributed by atoms with Gasteiger partial charge in [0.05, 0.1) is 11.4 Å². The molecule has 0 radical (unpaired) electrons. The maximum atomic E-state index is 12.6. The Kier molecular flexibility index (Phi) is 4.12. The van der Waals surface area contributed by atoms with Gasteiger partial charge in [-0.05, 0) is 30.5 Å². The number of ether oxygens (including phenoxy) is 1. The normalized spacial score (nSPS) is 14.7. The second kappa shape index (κ2) is 6.21. The number of esters is 1. The van der Waals surface area contributed by atoms with Gasteiger partial charge in [0.15, 0.2) is 6.10 Å². The zero-order valence-corrected chi connectivity index (χ0v) is 13.1. The van der Waals surface area contributed by atoms with E-state index in [2.05, 4.69) is 5.32 Å². The number of hydrogen-bond acceptors (Lipinski definition) is 5. The third kappa shape index (κ3) is 3.09. The fourth-order valence-electron chi connectivity index (χ4n) is 2.31. The van der Waals surface area contributed by atoms with Crippen LogP contribution < -0.4 is 10.2 Å². The molecule has 0 unspecified atom stereocenters. The first-order valence-electron chi connectivity index (χ1n) is 7.01. The lowest BCUT2D eigenvalue weighted by Crippen LogP contribution is -2.47. The van der Waals surface area contributed by atoms with Crippen LogP contribution in [-0.4, -0.2) is 30.4 Å². The number of fused-ring (bicyclic) bond motifs is 1. The standard InChI is InChI=1S/C16H14N2O4S/c1-10(22-16(21)13-7-4-8-23-13)15(20)18-9-14(19)17-11-5-2-3-6-12(11)18/h2-8,10H,9H2,1H3,(H,17,19)/t10-/m1/s1. The second-order valence-electron chi connectivity index (χ2n) is 5.01. The van der Waals surface area contributed by atoms with Gasteiger partial charge >= 0.3 is 5.97 Å². The molecule has 1 atom stereocenters. The Hall–Kier alpha value is -2.67. The van der Waals surface area contributed by atoms with Crippen molar-refractivity contribution in [3.05, 3.63) is 46.7 Å². The first kappa shape index (κ1) is 15.2. The fraction of sp³-hybridized carbons (Fsp3) is 0.188. The van der Waals surface area contributed by atoms with Crippen molar-refractivity contribution in [1.29, 1.82) is 0 Å². The van der Waals surface area contributed by atoms with E-state index in [1.165, 1.54) is 23.2 Å². The number of para-hydroxylation sites is 2. The average molecular weight is 330 g/mol. The summed E-state index contributed by atoms with van der Waals surface area (Å²) in [6, 6.07) is 10.4. The van der Waals surface area contributed by atoms with E-state index in [1.807, 2.05) is 0 Å². The molecule has 0 fully saturated rings. The van der Waals surface area contributed by atoms with Crippen LogP contribution in [0.5, 0.6) is 0 Å². The maximum Gasteiger partial charge on any atom is 0.349 e. The molecule has 1 aromatic carbocycles. The van der Waals surface area contributed by atoms with E-state index in [1.54, 1.807) is 41.8 Å². The van der Waals surface area contributed by atoms with E-state index in [4.69, 9.17) is 4.74 Å². The molecule has 3 rings (SSSR count). The molecule has 0 spiro atoms. The fourth-order valence-corrected chi connectivity index (χ4v) is 2.92. The number of anilines is 2. The number of rotatable bonds is 3. The molecule has 0 saturated carbocycles. The molecule has 2 aromatic rings. The molecule has 0 aliphatic carbocycles.